The first-order valence-electron chi connectivity index (χ1n) is 13.8. The Hall–Kier alpha value is -3.65. The molecule has 1 fully saturated rings. The number of hydrogen-bond donors (Lipinski definition) is 1. The van der Waals surface area contributed by atoms with E-state index in [9.17, 15) is 13.2 Å². The van der Waals surface area contributed by atoms with E-state index >= 15 is 0 Å². The van der Waals surface area contributed by atoms with Gasteiger partial charge >= 0.3 is 0 Å². The minimum absolute atomic E-state index is 0.0163. The Balaban J connectivity index is 1.50. The maximum atomic E-state index is 13.5. The van der Waals surface area contributed by atoms with Gasteiger partial charge in [0, 0.05) is 32.7 Å². The summed E-state index contributed by atoms with van der Waals surface area (Å²) in [6.07, 6.45) is 1.30. The third kappa shape index (κ3) is 6.03. The standard InChI is InChI=1S/C28H35N7O5S/c1-4-33-12-14-34(15-13-33)41(37,38)21-16-22(28(29-17-21)40-6-3)25-30-26-24(27(36)31-25)23(32-35(26)5-2)19-39-18-20-10-8-7-9-11-20/h7-11,16-17H,4-6,12-15,18-19H2,1-3H3,(H,30,31,36). The molecule has 4 heterocycles. The van der Waals surface area contributed by atoms with Crippen LogP contribution in [0.2, 0.25) is 0 Å². The average Bonchev–Trinajstić information content (AvgIpc) is 3.36. The summed E-state index contributed by atoms with van der Waals surface area (Å²) in [5.74, 6) is 0.330. The number of nitrogens with one attached hydrogen (secondary N) is 1. The molecule has 218 valence electrons. The highest BCUT2D eigenvalue weighted by atomic mass is 32.2. The molecular weight excluding hydrogens is 546 g/mol. The quantitative estimate of drug-likeness (QED) is 0.284. The van der Waals surface area contributed by atoms with Crippen molar-refractivity contribution in [2.45, 2.75) is 45.4 Å². The van der Waals surface area contributed by atoms with Crippen molar-refractivity contribution in [3.05, 3.63) is 64.2 Å². The normalized spacial score (nSPS) is 15.0. The minimum Gasteiger partial charge on any atom is -0.477 e. The number of aryl methyl sites for hydroxylation is 1. The maximum absolute atomic E-state index is 13.5. The molecule has 0 unspecified atom stereocenters. The Labute approximate surface area is 239 Å². The van der Waals surface area contributed by atoms with Crippen LogP contribution in [0.25, 0.3) is 22.4 Å². The van der Waals surface area contributed by atoms with Crippen molar-refractivity contribution in [2.75, 3.05) is 39.3 Å². The maximum Gasteiger partial charge on any atom is 0.262 e. The Morgan fingerprint density at radius 2 is 1.76 bits per heavy atom. The summed E-state index contributed by atoms with van der Waals surface area (Å²) in [5, 5.41) is 4.91. The van der Waals surface area contributed by atoms with Crippen LogP contribution in [0.1, 0.15) is 32.0 Å². The number of fused-ring (bicyclic) bond motifs is 1. The molecule has 4 aromatic rings. The zero-order chi connectivity index (χ0) is 29.0. The third-order valence-electron chi connectivity index (χ3n) is 7.10. The lowest BCUT2D eigenvalue weighted by molar-refractivity contribution is 0.105. The van der Waals surface area contributed by atoms with E-state index in [4.69, 9.17) is 14.5 Å². The van der Waals surface area contributed by atoms with Crippen molar-refractivity contribution >= 4 is 21.1 Å². The van der Waals surface area contributed by atoms with E-state index in [1.165, 1.54) is 16.6 Å². The number of ether oxygens (including phenoxy) is 2. The van der Waals surface area contributed by atoms with Crippen LogP contribution < -0.4 is 10.3 Å². The van der Waals surface area contributed by atoms with Gasteiger partial charge in [0.05, 0.1) is 31.6 Å². The van der Waals surface area contributed by atoms with E-state index in [-0.39, 0.29) is 28.8 Å². The van der Waals surface area contributed by atoms with E-state index in [0.29, 0.717) is 62.7 Å². The highest BCUT2D eigenvalue weighted by Crippen LogP contribution is 2.30. The summed E-state index contributed by atoms with van der Waals surface area (Å²) in [6, 6.07) is 11.2. The topological polar surface area (TPSA) is 136 Å². The lowest BCUT2D eigenvalue weighted by atomic mass is 10.2. The van der Waals surface area contributed by atoms with Crippen LogP contribution in [0.4, 0.5) is 0 Å². The number of sulfonamides is 1. The highest BCUT2D eigenvalue weighted by molar-refractivity contribution is 7.89. The number of hydrogen-bond acceptors (Lipinski definition) is 9. The van der Waals surface area contributed by atoms with E-state index in [1.807, 2.05) is 37.3 Å². The molecule has 0 radical (unpaired) electrons. The molecule has 1 aromatic carbocycles. The molecule has 1 aliphatic heterocycles. The van der Waals surface area contributed by atoms with Crippen LogP contribution >= 0.6 is 0 Å². The van der Waals surface area contributed by atoms with Gasteiger partial charge in [0.2, 0.25) is 15.9 Å². The van der Waals surface area contributed by atoms with Crippen LogP contribution in [0.15, 0.2) is 52.3 Å². The van der Waals surface area contributed by atoms with Gasteiger partial charge in [0.15, 0.2) is 5.65 Å². The first kappa shape index (κ1) is 28.9. The summed E-state index contributed by atoms with van der Waals surface area (Å²) < 4.78 is 41.7. The molecule has 12 nitrogen and oxygen atoms in total. The molecule has 0 atom stereocenters. The second-order valence-electron chi connectivity index (χ2n) is 9.65. The van der Waals surface area contributed by atoms with Gasteiger partial charge in [0.25, 0.3) is 5.56 Å². The fourth-order valence-electron chi connectivity index (χ4n) is 4.87. The molecule has 5 rings (SSSR count). The van der Waals surface area contributed by atoms with Crippen molar-refractivity contribution < 1.29 is 17.9 Å². The molecular formula is C28H35N7O5S. The van der Waals surface area contributed by atoms with Gasteiger partial charge in [-0.2, -0.15) is 9.40 Å². The van der Waals surface area contributed by atoms with Crippen molar-refractivity contribution in [3.8, 4) is 17.3 Å². The van der Waals surface area contributed by atoms with Gasteiger partial charge in [-0.25, -0.2) is 23.1 Å². The number of aromatic amines is 1. The van der Waals surface area contributed by atoms with E-state index in [2.05, 4.69) is 26.9 Å². The molecule has 1 aliphatic rings. The Bertz CT molecular complexity index is 1660. The summed E-state index contributed by atoms with van der Waals surface area (Å²) >= 11 is 0. The summed E-state index contributed by atoms with van der Waals surface area (Å²) in [7, 11) is -3.82. The number of pyridine rings is 1. The van der Waals surface area contributed by atoms with Crippen LogP contribution in [0.5, 0.6) is 5.88 Å². The summed E-state index contributed by atoms with van der Waals surface area (Å²) in [5.41, 5.74) is 1.73. The molecule has 3 aromatic heterocycles. The average molecular weight is 582 g/mol. The number of benzene rings is 1. The minimum atomic E-state index is -3.82. The first-order valence-corrected chi connectivity index (χ1v) is 15.3. The lowest BCUT2D eigenvalue weighted by Gasteiger charge is -2.33. The van der Waals surface area contributed by atoms with Crippen LogP contribution in [-0.4, -0.2) is 81.7 Å². The van der Waals surface area contributed by atoms with Crippen molar-refractivity contribution in [2.24, 2.45) is 0 Å². The monoisotopic (exact) mass is 581 g/mol. The van der Waals surface area contributed by atoms with E-state index in [1.54, 1.807) is 11.6 Å². The number of aromatic nitrogens is 5. The first-order chi connectivity index (χ1) is 19.8. The number of nitrogens with zero attached hydrogens (tertiary/aromatic N) is 6. The molecule has 13 heteroatoms. The predicted octanol–water partition coefficient (Wildman–Crippen LogP) is 2.64. The number of rotatable bonds is 11. The Kier molecular flexibility index (Phi) is 8.78. The zero-order valence-corrected chi connectivity index (χ0v) is 24.4. The SMILES string of the molecule is CCOc1ncc(S(=O)(=O)N2CCN(CC)CC2)cc1-c1nc2c(c(COCc3ccccc3)nn2CC)c(=O)[nH]1. The van der Waals surface area contributed by atoms with Crippen LogP contribution in [0.3, 0.4) is 0 Å². The molecule has 0 bridgehead atoms. The fraction of sp³-hybridized carbons (Fsp3) is 0.429. The second kappa shape index (κ2) is 12.5. The van der Waals surface area contributed by atoms with Crippen LogP contribution in [-0.2, 0) is 34.5 Å². The smallest absolute Gasteiger partial charge is 0.262 e. The predicted molar refractivity (Wildman–Crippen MR) is 154 cm³/mol. The molecule has 0 saturated carbocycles. The van der Waals surface area contributed by atoms with Gasteiger partial charge < -0.3 is 19.4 Å². The molecule has 0 amide bonds. The molecule has 1 N–H and O–H groups in total. The number of piperazine rings is 1. The number of H-pyrrole nitrogens is 1. The molecule has 1 saturated heterocycles. The van der Waals surface area contributed by atoms with Gasteiger partial charge in [-0.15, -0.1) is 0 Å². The highest BCUT2D eigenvalue weighted by Gasteiger charge is 2.30. The fourth-order valence-corrected chi connectivity index (χ4v) is 6.27. The molecule has 41 heavy (non-hydrogen) atoms. The van der Waals surface area contributed by atoms with Crippen LogP contribution in [0, 0.1) is 0 Å². The van der Waals surface area contributed by atoms with E-state index in [0.717, 1.165) is 12.1 Å². The molecule has 0 spiro atoms. The van der Waals surface area contributed by atoms with Gasteiger partial charge in [-0.05, 0) is 32.0 Å². The van der Waals surface area contributed by atoms with Crippen molar-refractivity contribution in [1.29, 1.82) is 0 Å². The molecule has 0 aliphatic carbocycles. The lowest BCUT2D eigenvalue weighted by Crippen LogP contribution is -2.48. The zero-order valence-electron chi connectivity index (χ0n) is 23.5. The Morgan fingerprint density at radius 3 is 2.44 bits per heavy atom. The van der Waals surface area contributed by atoms with Gasteiger partial charge in [-0.3, -0.25) is 4.79 Å². The number of likely N-dealkylation sites (N-methyl/N-ethyl adjacent to an activating group) is 1. The van der Waals surface area contributed by atoms with Crippen molar-refractivity contribution in [1.82, 2.24) is 33.9 Å². The largest absolute Gasteiger partial charge is 0.477 e. The Morgan fingerprint density at radius 1 is 1.00 bits per heavy atom. The summed E-state index contributed by atoms with van der Waals surface area (Å²) in [6.45, 7) is 10.0. The van der Waals surface area contributed by atoms with E-state index < -0.39 is 15.6 Å². The van der Waals surface area contributed by atoms with Crippen molar-refractivity contribution in [3.63, 3.8) is 0 Å². The second-order valence-corrected chi connectivity index (χ2v) is 11.6. The summed E-state index contributed by atoms with van der Waals surface area (Å²) in [4.78, 5) is 27.5. The van der Waals surface area contributed by atoms with Gasteiger partial charge in [0.1, 0.15) is 21.8 Å². The third-order valence-corrected chi connectivity index (χ3v) is 8.97. The van der Waals surface area contributed by atoms with Gasteiger partial charge in [-0.1, -0.05) is 37.3 Å².